The molecule has 0 aliphatic heterocycles. The molecule has 0 spiro atoms. The van der Waals surface area contributed by atoms with Crippen molar-refractivity contribution in [2.24, 2.45) is 0 Å². The Hall–Kier alpha value is -2.10. The maximum absolute atomic E-state index is 11.9. The lowest BCUT2D eigenvalue weighted by Gasteiger charge is -2.06. The molecular formula is C12H11ClN2O6S. The van der Waals surface area contributed by atoms with E-state index < -0.39 is 26.5 Å². The van der Waals surface area contributed by atoms with Crippen LogP contribution < -0.4 is 5.56 Å². The Labute approximate surface area is 130 Å². The third-order valence-corrected chi connectivity index (χ3v) is 3.84. The van der Waals surface area contributed by atoms with Crippen LogP contribution in [0.2, 0.25) is 5.02 Å². The number of hydrogen-bond donors (Lipinski definition) is 2. The van der Waals surface area contributed by atoms with Gasteiger partial charge in [0, 0.05) is 6.07 Å². The quantitative estimate of drug-likeness (QED) is 0.635. The molecule has 2 N–H and O–H groups in total. The molecule has 10 heteroatoms. The van der Waals surface area contributed by atoms with Gasteiger partial charge in [-0.3, -0.25) is 14.4 Å². The lowest BCUT2D eigenvalue weighted by Crippen LogP contribution is -2.14. The maximum atomic E-state index is 11.9. The summed E-state index contributed by atoms with van der Waals surface area (Å²) in [6, 6.07) is 4.29. The molecule has 0 saturated heterocycles. The SMILES string of the molecule is CCOC(=O)c1cc(=O)n(-c2cc(S(=O)(=O)O)ccc2Cl)[nH]1. The molecule has 0 amide bonds. The van der Waals surface area contributed by atoms with Gasteiger partial charge >= 0.3 is 5.97 Å². The van der Waals surface area contributed by atoms with Crippen LogP contribution in [-0.2, 0) is 14.9 Å². The van der Waals surface area contributed by atoms with E-state index in [1.807, 2.05) is 0 Å². The van der Waals surface area contributed by atoms with Crippen molar-refractivity contribution in [1.29, 1.82) is 0 Å². The van der Waals surface area contributed by atoms with Crippen LogP contribution in [0.25, 0.3) is 5.69 Å². The highest BCUT2D eigenvalue weighted by atomic mass is 35.5. The number of nitrogens with one attached hydrogen (secondary N) is 1. The fraction of sp³-hybridized carbons (Fsp3) is 0.167. The third kappa shape index (κ3) is 3.21. The number of nitrogens with zero attached hydrogens (tertiary/aromatic N) is 1. The molecule has 1 aromatic heterocycles. The number of aromatic amines is 1. The van der Waals surface area contributed by atoms with E-state index in [1.165, 1.54) is 6.07 Å². The predicted octanol–water partition coefficient (Wildman–Crippen LogP) is 1.24. The van der Waals surface area contributed by atoms with Crippen LogP contribution >= 0.6 is 11.6 Å². The Balaban J connectivity index is 2.58. The van der Waals surface area contributed by atoms with Gasteiger partial charge in [-0.05, 0) is 25.1 Å². The summed E-state index contributed by atoms with van der Waals surface area (Å²) in [6.45, 7) is 1.74. The van der Waals surface area contributed by atoms with Crippen molar-refractivity contribution in [3.05, 3.63) is 45.3 Å². The first-order valence-electron chi connectivity index (χ1n) is 6.00. The van der Waals surface area contributed by atoms with Gasteiger partial charge in [0.05, 0.1) is 22.2 Å². The Kier molecular flexibility index (Phi) is 4.40. The van der Waals surface area contributed by atoms with Crippen LogP contribution in [0, 0.1) is 0 Å². The molecule has 2 rings (SSSR count). The second-order valence-electron chi connectivity index (χ2n) is 4.15. The molecule has 0 fully saturated rings. The monoisotopic (exact) mass is 346 g/mol. The molecule has 0 bridgehead atoms. The molecule has 0 saturated carbocycles. The van der Waals surface area contributed by atoms with Crippen molar-refractivity contribution in [1.82, 2.24) is 9.78 Å². The molecule has 0 atom stereocenters. The highest BCUT2D eigenvalue weighted by Gasteiger charge is 2.17. The van der Waals surface area contributed by atoms with Gasteiger partial charge in [-0.2, -0.15) is 8.42 Å². The van der Waals surface area contributed by atoms with E-state index in [0.29, 0.717) is 0 Å². The summed E-state index contributed by atoms with van der Waals surface area (Å²) >= 11 is 5.93. The number of carbonyl (C=O) groups excluding carboxylic acids is 1. The molecule has 8 nitrogen and oxygen atoms in total. The zero-order valence-electron chi connectivity index (χ0n) is 11.2. The lowest BCUT2D eigenvalue weighted by atomic mass is 10.3. The van der Waals surface area contributed by atoms with Crippen LogP contribution in [0.1, 0.15) is 17.4 Å². The molecule has 0 aliphatic carbocycles. The maximum Gasteiger partial charge on any atom is 0.356 e. The molecule has 2 aromatic rings. The Morgan fingerprint density at radius 1 is 1.41 bits per heavy atom. The Morgan fingerprint density at radius 3 is 2.68 bits per heavy atom. The predicted molar refractivity (Wildman–Crippen MR) is 77.2 cm³/mol. The van der Waals surface area contributed by atoms with Gasteiger partial charge in [0.15, 0.2) is 0 Å². The van der Waals surface area contributed by atoms with E-state index in [1.54, 1.807) is 6.92 Å². The van der Waals surface area contributed by atoms with Crippen molar-refractivity contribution in [2.45, 2.75) is 11.8 Å². The third-order valence-electron chi connectivity index (χ3n) is 2.67. The number of rotatable bonds is 4. The molecule has 1 heterocycles. The first kappa shape index (κ1) is 16.3. The van der Waals surface area contributed by atoms with Crippen LogP contribution in [-0.4, -0.2) is 35.3 Å². The molecule has 22 heavy (non-hydrogen) atoms. The average Bonchev–Trinajstić information content (AvgIpc) is 2.80. The Bertz CT molecular complexity index is 883. The number of carbonyl (C=O) groups is 1. The number of benzene rings is 1. The fourth-order valence-electron chi connectivity index (χ4n) is 1.71. The van der Waals surface area contributed by atoms with Gasteiger partial charge in [-0.15, -0.1) is 0 Å². The summed E-state index contributed by atoms with van der Waals surface area (Å²) in [5.41, 5.74) is -0.782. The number of aromatic nitrogens is 2. The van der Waals surface area contributed by atoms with Crippen molar-refractivity contribution in [2.75, 3.05) is 6.61 Å². The normalized spacial score (nSPS) is 11.4. The van der Waals surface area contributed by atoms with E-state index >= 15 is 0 Å². The van der Waals surface area contributed by atoms with E-state index in [4.69, 9.17) is 20.9 Å². The molecular weight excluding hydrogens is 336 g/mol. The molecule has 0 radical (unpaired) electrons. The first-order valence-corrected chi connectivity index (χ1v) is 7.82. The minimum absolute atomic E-state index is 0.0302. The summed E-state index contributed by atoms with van der Waals surface area (Å²) < 4.78 is 37.0. The minimum atomic E-state index is -4.46. The number of H-pyrrole nitrogens is 1. The standard InChI is InChI=1S/C12H11ClN2O6S/c1-2-21-12(17)9-6-11(16)15(14-9)10-5-7(22(18,19)20)3-4-8(10)13/h3-6,14H,2H2,1H3,(H,18,19,20). The zero-order chi connectivity index (χ0) is 16.5. The summed E-state index contributed by atoms with van der Waals surface area (Å²) in [5.74, 6) is -0.736. The van der Waals surface area contributed by atoms with E-state index in [-0.39, 0.29) is 23.0 Å². The van der Waals surface area contributed by atoms with Crippen LogP contribution in [0.4, 0.5) is 0 Å². The molecule has 0 aliphatic rings. The van der Waals surface area contributed by atoms with Crippen LogP contribution in [0.3, 0.4) is 0 Å². The van der Waals surface area contributed by atoms with Crippen molar-refractivity contribution >= 4 is 27.7 Å². The average molecular weight is 347 g/mol. The van der Waals surface area contributed by atoms with E-state index in [0.717, 1.165) is 22.9 Å². The van der Waals surface area contributed by atoms with Gasteiger partial charge in [0.1, 0.15) is 5.69 Å². The zero-order valence-corrected chi connectivity index (χ0v) is 12.8. The molecule has 1 aromatic carbocycles. The van der Waals surface area contributed by atoms with Gasteiger partial charge < -0.3 is 4.74 Å². The number of esters is 1. The van der Waals surface area contributed by atoms with Gasteiger partial charge in [0.25, 0.3) is 15.7 Å². The second-order valence-corrected chi connectivity index (χ2v) is 5.98. The van der Waals surface area contributed by atoms with Crippen molar-refractivity contribution in [3.8, 4) is 5.69 Å². The minimum Gasteiger partial charge on any atom is -0.461 e. The van der Waals surface area contributed by atoms with Crippen LogP contribution in [0.15, 0.2) is 34.0 Å². The van der Waals surface area contributed by atoms with Crippen molar-refractivity contribution in [3.63, 3.8) is 0 Å². The largest absolute Gasteiger partial charge is 0.461 e. The van der Waals surface area contributed by atoms with Crippen LogP contribution in [0.5, 0.6) is 0 Å². The molecule has 0 unspecified atom stereocenters. The smallest absolute Gasteiger partial charge is 0.356 e. The highest BCUT2D eigenvalue weighted by Crippen LogP contribution is 2.22. The van der Waals surface area contributed by atoms with Gasteiger partial charge in [-0.25, -0.2) is 9.48 Å². The first-order chi connectivity index (χ1) is 10.2. The van der Waals surface area contributed by atoms with E-state index in [2.05, 4.69) is 5.10 Å². The van der Waals surface area contributed by atoms with Gasteiger partial charge in [-0.1, -0.05) is 11.6 Å². The second kappa shape index (κ2) is 5.95. The Morgan fingerprint density at radius 2 is 2.09 bits per heavy atom. The number of hydrogen-bond acceptors (Lipinski definition) is 5. The molecule has 118 valence electrons. The lowest BCUT2D eigenvalue weighted by molar-refractivity contribution is 0.0519. The topological polar surface area (TPSA) is 118 Å². The van der Waals surface area contributed by atoms with Gasteiger partial charge in [0.2, 0.25) is 0 Å². The highest BCUT2D eigenvalue weighted by molar-refractivity contribution is 7.85. The summed E-state index contributed by atoms with van der Waals surface area (Å²) in [5, 5.41) is 2.52. The van der Waals surface area contributed by atoms with E-state index in [9.17, 15) is 18.0 Å². The van der Waals surface area contributed by atoms with Crippen molar-refractivity contribution < 1.29 is 22.5 Å². The number of halogens is 1. The fourth-order valence-corrected chi connectivity index (χ4v) is 2.42. The number of ether oxygens (including phenoxy) is 1. The summed E-state index contributed by atoms with van der Waals surface area (Å²) in [4.78, 5) is 23.1. The summed E-state index contributed by atoms with van der Waals surface area (Å²) in [6.07, 6.45) is 0. The summed E-state index contributed by atoms with van der Waals surface area (Å²) in [7, 11) is -4.46.